The fraction of sp³-hybridized carbons (Fsp3) is 0.375. The normalized spacial score (nSPS) is 12.7. The minimum absolute atomic E-state index is 0.0191. The van der Waals surface area contributed by atoms with Crippen molar-refractivity contribution in [1.29, 1.82) is 0 Å². The van der Waals surface area contributed by atoms with Crippen molar-refractivity contribution in [3.63, 3.8) is 0 Å². The fourth-order valence-electron chi connectivity index (χ4n) is 1.12. The van der Waals surface area contributed by atoms with Crippen LogP contribution in [-0.4, -0.2) is 11.3 Å². The predicted octanol–water partition coefficient (Wildman–Crippen LogP) is 3.61. The molecule has 10 heteroatoms. The third-order valence-electron chi connectivity index (χ3n) is 1.69. The Kier molecular flexibility index (Phi) is 3.67. The molecule has 2 nitrogen and oxygen atoms in total. The molecule has 0 N–H and O–H groups in total. The van der Waals surface area contributed by atoms with Crippen LogP contribution in [0.25, 0.3) is 0 Å². The number of aromatic nitrogens is 1. The molecule has 1 heterocycles. The van der Waals surface area contributed by atoms with Crippen LogP contribution in [0.3, 0.4) is 0 Å². The van der Waals surface area contributed by atoms with Crippen molar-refractivity contribution in [2.45, 2.75) is 19.2 Å². The number of ether oxygens (including phenoxy) is 1. The summed E-state index contributed by atoms with van der Waals surface area (Å²) in [6.07, 6.45) is -11.0. The van der Waals surface area contributed by atoms with Crippen LogP contribution in [0.4, 0.5) is 35.1 Å². The van der Waals surface area contributed by atoms with E-state index in [1.807, 2.05) is 0 Å². The van der Waals surface area contributed by atoms with E-state index in [0.29, 0.717) is 0 Å². The molecule has 0 atom stereocenters. The maximum Gasteiger partial charge on any atom is 0.573 e. The minimum Gasteiger partial charge on any atom is -0.402 e. The summed E-state index contributed by atoms with van der Waals surface area (Å²) in [5, 5.41) is 0. The summed E-state index contributed by atoms with van der Waals surface area (Å²) in [4.78, 5) is 2.74. The molecule has 0 fully saturated rings. The molecule has 1 aromatic rings. The Labute approximate surface area is 94.2 Å². The molecule has 0 bridgehead atoms. The summed E-state index contributed by atoms with van der Waals surface area (Å²) in [5.41, 5.74) is -3.61. The van der Waals surface area contributed by atoms with Crippen LogP contribution in [0.1, 0.15) is 11.3 Å². The van der Waals surface area contributed by atoms with Gasteiger partial charge in [-0.3, -0.25) is 4.98 Å². The van der Waals surface area contributed by atoms with Gasteiger partial charge in [-0.1, -0.05) is 0 Å². The predicted molar refractivity (Wildman–Crippen MR) is 40.7 cm³/mol. The highest BCUT2D eigenvalue weighted by atomic mass is 19.4. The highest BCUT2D eigenvalue weighted by Crippen LogP contribution is 2.41. The lowest BCUT2D eigenvalue weighted by molar-refractivity contribution is -0.277. The van der Waals surface area contributed by atoms with Crippen molar-refractivity contribution in [2.24, 2.45) is 0 Å². The summed E-state index contributed by atoms with van der Waals surface area (Å²) >= 11 is 0. The maximum absolute atomic E-state index is 12.9. The average molecular weight is 281 g/mol. The number of hydrogen-bond donors (Lipinski definition) is 0. The highest BCUT2D eigenvalue weighted by Gasteiger charge is 2.43. The molecule has 0 amide bonds. The molecular weight excluding hydrogens is 278 g/mol. The van der Waals surface area contributed by atoms with E-state index < -0.39 is 42.0 Å². The van der Waals surface area contributed by atoms with Crippen molar-refractivity contribution in [2.75, 3.05) is 0 Å². The SMILES string of the molecule is FCc1ncc(F)c(OC(F)(F)F)c1C(F)(F)F. The monoisotopic (exact) mass is 281 g/mol. The molecule has 18 heavy (non-hydrogen) atoms. The summed E-state index contributed by atoms with van der Waals surface area (Å²) in [6, 6.07) is 0. The zero-order valence-electron chi connectivity index (χ0n) is 8.16. The van der Waals surface area contributed by atoms with E-state index in [0.717, 1.165) is 0 Å². The van der Waals surface area contributed by atoms with Crippen LogP contribution in [0, 0.1) is 5.82 Å². The van der Waals surface area contributed by atoms with E-state index in [1.165, 1.54) is 0 Å². The Hall–Kier alpha value is -1.61. The van der Waals surface area contributed by atoms with Crippen molar-refractivity contribution >= 4 is 0 Å². The number of pyridine rings is 1. The van der Waals surface area contributed by atoms with Gasteiger partial charge in [-0.15, -0.1) is 13.2 Å². The Morgan fingerprint density at radius 1 is 1.11 bits per heavy atom. The zero-order valence-corrected chi connectivity index (χ0v) is 8.16. The van der Waals surface area contributed by atoms with Gasteiger partial charge in [0.2, 0.25) is 0 Å². The van der Waals surface area contributed by atoms with Gasteiger partial charge in [0.15, 0.2) is 11.6 Å². The number of alkyl halides is 7. The first-order chi connectivity index (χ1) is 8.06. The standard InChI is InChI=1S/C8H3F8NO/c9-1-4-5(7(11,12)13)6(3(10)2-17-4)18-8(14,15)16/h2H,1H2. The summed E-state index contributed by atoms with van der Waals surface area (Å²) in [7, 11) is 0. The summed E-state index contributed by atoms with van der Waals surface area (Å²) in [5.74, 6) is -4.13. The van der Waals surface area contributed by atoms with Gasteiger partial charge >= 0.3 is 12.5 Å². The molecule has 0 radical (unpaired) electrons. The van der Waals surface area contributed by atoms with Gasteiger partial charge in [0, 0.05) is 0 Å². The smallest absolute Gasteiger partial charge is 0.402 e. The van der Waals surface area contributed by atoms with Crippen molar-refractivity contribution < 1.29 is 39.9 Å². The fourth-order valence-corrected chi connectivity index (χ4v) is 1.12. The lowest BCUT2D eigenvalue weighted by Gasteiger charge is -2.17. The first-order valence-corrected chi connectivity index (χ1v) is 4.12. The average Bonchev–Trinajstić information content (AvgIpc) is 2.17. The third kappa shape index (κ3) is 3.20. The molecular formula is C8H3F8NO. The first-order valence-electron chi connectivity index (χ1n) is 4.12. The second kappa shape index (κ2) is 4.58. The van der Waals surface area contributed by atoms with Crippen LogP contribution >= 0.6 is 0 Å². The molecule has 0 aliphatic rings. The van der Waals surface area contributed by atoms with Gasteiger partial charge in [-0.2, -0.15) is 13.2 Å². The Morgan fingerprint density at radius 2 is 1.67 bits per heavy atom. The van der Waals surface area contributed by atoms with Gasteiger partial charge in [0.05, 0.1) is 11.9 Å². The molecule has 0 unspecified atom stereocenters. The highest BCUT2D eigenvalue weighted by molar-refractivity contribution is 5.39. The summed E-state index contributed by atoms with van der Waals surface area (Å²) < 4.78 is 101. The van der Waals surface area contributed by atoms with E-state index in [-0.39, 0.29) is 6.20 Å². The first kappa shape index (κ1) is 14.5. The number of halogens is 8. The second-order valence-corrected chi connectivity index (χ2v) is 2.94. The molecule has 0 aliphatic carbocycles. The van der Waals surface area contributed by atoms with Crippen LogP contribution in [0.15, 0.2) is 6.20 Å². The van der Waals surface area contributed by atoms with Gasteiger partial charge in [0.1, 0.15) is 12.2 Å². The molecule has 0 aliphatic heterocycles. The number of nitrogens with zero attached hydrogens (tertiary/aromatic N) is 1. The quantitative estimate of drug-likeness (QED) is 0.772. The van der Waals surface area contributed by atoms with Crippen molar-refractivity contribution in [3.05, 3.63) is 23.3 Å². The Bertz CT molecular complexity index is 438. The van der Waals surface area contributed by atoms with Crippen LogP contribution < -0.4 is 4.74 Å². The molecule has 0 saturated carbocycles. The van der Waals surface area contributed by atoms with Crippen LogP contribution in [0.5, 0.6) is 5.75 Å². The second-order valence-electron chi connectivity index (χ2n) is 2.94. The molecule has 1 aromatic heterocycles. The topological polar surface area (TPSA) is 22.1 Å². The number of rotatable bonds is 2. The van der Waals surface area contributed by atoms with E-state index >= 15 is 0 Å². The van der Waals surface area contributed by atoms with E-state index in [9.17, 15) is 35.1 Å². The summed E-state index contributed by atoms with van der Waals surface area (Å²) in [6.45, 7) is -1.82. The van der Waals surface area contributed by atoms with Gasteiger partial charge < -0.3 is 4.74 Å². The minimum atomic E-state index is -5.55. The largest absolute Gasteiger partial charge is 0.573 e. The van der Waals surface area contributed by atoms with E-state index in [4.69, 9.17) is 0 Å². The molecule has 102 valence electrons. The van der Waals surface area contributed by atoms with Crippen molar-refractivity contribution in [1.82, 2.24) is 4.98 Å². The lowest BCUT2D eigenvalue weighted by Crippen LogP contribution is -2.22. The lowest BCUT2D eigenvalue weighted by atomic mass is 10.1. The molecule has 1 rings (SSSR count). The number of hydrogen-bond acceptors (Lipinski definition) is 2. The van der Waals surface area contributed by atoms with Crippen LogP contribution in [0.2, 0.25) is 0 Å². The maximum atomic E-state index is 12.9. The third-order valence-corrected chi connectivity index (χ3v) is 1.69. The van der Waals surface area contributed by atoms with E-state index in [2.05, 4.69) is 9.72 Å². The van der Waals surface area contributed by atoms with Crippen LogP contribution in [-0.2, 0) is 12.9 Å². The zero-order chi connectivity index (χ0) is 14.1. The Balaban J connectivity index is 3.46. The van der Waals surface area contributed by atoms with E-state index in [1.54, 1.807) is 0 Å². The molecule has 0 aromatic carbocycles. The Morgan fingerprint density at radius 3 is 2.06 bits per heavy atom. The van der Waals surface area contributed by atoms with Crippen molar-refractivity contribution in [3.8, 4) is 5.75 Å². The van der Waals surface area contributed by atoms with Gasteiger partial charge in [-0.05, 0) is 0 Å². The van der Waals surface area contributed by atoms with Gasteiger partial charge in [0.25, 0.3) is 0 Å². The molecule has 0 spiro atoms. The molecule has 0 saturated heterocycles. The van der Waals surface area contributed by atoms with Gasteiger partial charge in [-0.25, -0.2) is 8.78 Å².